The quantitative estimate of drug-likeness (QED) is 0.670. The van der Waals surface area contributed by atoms with Gasteiger partial charge in [0.2, 0.25) is 0 Å². The molecule has 182 valence electrons. The summed E-state index contributed by atoms with van der Waals surface area (Å²) in [7, 11) is 2.02. The highest BCUT2D eigenvalue weighted by Crippen LogP contribution is 2.34. The first-order valence-corrected chi connectivity index (χ1v) is 11.8. The van der Waals surface area contributed by atoms with Crippen LogP contribution in [0.1, 0.15) is 22.8 Å². The minimum absolute atomic E-state index is 0.0942. The van der Waals surface area contributed by atoms with E-state index in [0.717, 1.165) is 23.0 Å². The van der Waals surface area contributed by atoms with Crippen molar-refractivity contribution < 1.29 is 23.5 Å². The summed E-state index contributed by atoms with van der Waals surface area (Å²) >= 11 is 6.25. The van der Waals surface area contributed by atoms with Crippen LogP contribution >= 0.6 is 11.6 Å². The summed E-state index contributed by atoms with van der Waals surface area (Å²) in [6.45, 7) is 3.25. The largest absolute Gasteiger partial charge is 0.493 e. The first-order chi connectivity index (χ1) is 16.8. The van der Waals surface area contributed by atoms with Crippen molar-refractivity contribution in [1.29, 1.82) is 0 Å². The molecule has 0 aromatic heterocycles. The van der Waals surface area contributed by atoms with Crippen molar-refractivity contribution in [1.82, 2.24) is 9.80 Å². The monoisotopic (exact) mass is 497 g/mol. The molecule has 3 heterocycles. The van der Waals surface area contributed by atoms with Gasteiger partial charge >= 0.3 is 0 Å². The van der Waals surface area contributed by atoms with Crippen LogP contribution < -0.4 is 14.8 Å². The number of fused-ring (bicyclic) bond motifs is 1. The number of nitrogens with zero attached hydrogens (tertiary/aromatic N) is 2. The number of nitrogens with one attached hydrogen (secondary N) is 1. The van der Waals surface area contributed by atoms with Gasteiger partial charge < -0.3 is 24.6 Å². The molecule has 2 amide bonds. The first-order valence-electron chi connectivity index (χ1n) is 11.4. The Balaban J connectivity index is 1.22. The lowest BCUT2D eigenvalue weighted by Crippen LogP contribution is -2.52. The molecule has 1 N–H and O–H groups in total. The van der Waals surface area contributed by atoms with Gasteiger partial charge in [0.25, 0.3) is 11.8 Å². The van der Waals surface area contributed by atoms with E-state index in [1.165, 1.54) is 6.07 Å². The highest BCUT2D eigenvalue weighted by atomic mass is 35.5. The molecule has 1 unspecified atom stereocenters. The van der Waals surface area contributed by atoms with Gasteiger partial charge in [0.15, 0.2) is 6.61 Å². The van der Waals surface area contributed by atoms with Crippen LogP contribution in [0.5, 0.6) is 11.5 Å². The third-order valence-electron chi connectivity index (χ3n) is 6.44. The molecule has 0 radical (unpaired) electrons. The number of benzene rings is 2. The number of anilines is 1. The van der Waals surface area contributed by atoms with Crippen molar-refractivity contribution in [3.05, 3.63) is 70.7 Å². The fourth-order valence-electron chi connectivity index (χ4n) is 4.26. The summed E-state index contributed by atoms with van der Waals surface area (Å²) in [5.41, 5.74) is 2.11. The van der Waals surface area contributed by atoms with E-state index in [0.29, 0.717) is 36.4 Å². The van der Waals surface area contributed by atoms with Gasteiger partial charge in [-0.05, 0) is 31.2 Å². The normalized spacial score (nSPS) is 19.4. The molecule has 0 spiro atoms. The van der Waals surface area contributed by atoms with Crippen molar-refractivity contribution in [3.63, 3.8) is 0 Å². The summed E-state index contributed by atoms with van der Waals surface area (Å²) < 4.78 is 25.9. The lowest BCUT2D eigenvalue weighted by atomic mass is 9.98. The zero-order valence-corrected chi connectivity index (χ0v) is 20.1. The van der Waals surface area contributed by atoms with E-state index in [9.17, 15) is 14.0 Å². The van der Waals surface area contributed by atoms with E-state index in [1.807, 2.05) is 19.2 Å². The van der Waals surface area contributed by atoms with Crippen LogP contribution in [-0.4, -0.2) is 61.0 Å². The molecule has 5 rings (SSSR count). The zero-order valence-electron chi connectivity index (χ0n) is 19.4. The second-order valence-corrected chi connectivity index (χ2v) is 9.48. The summed E-state index contributed by atoms with van der Waals surface area (Å²) in [6, 6.07) is 8.30. The third-order valence-corrected chi connectivity index (χ3v) is 6.68. The van der Waals surface area contributed by atoms with E-state index in [-0.39, 0.29) is 29.7 Å². The van der Waals surface area contributed by atoms with Crippen molar-refractivity contribution in [3.8, 4) is 11.5 Å². The Kier molecular flexibility index (Phi) is 6.15. The second-order valence-electron chi connectivity index (χ2n) is 9.04. The molecular weight excluding hydrogens is 473 g/mol. The highest BCUT2D eigenvalue weighted by molar-refractivity contribution is 6.30. The van der Waals surface area contributed by atoms with Crippen molar-refractivity contribution >= 4 is 34.7 Å². The molecule has 9 heteroatoms. The van der Waals surface area contributed by atoms with E-state index >= 15 is 0 Å². The minimum atomic E-state index is -0.677. The molecule has 0 bridgehead atoms. The number of carbonyl (C=O) groups is 2. The van der Waals surface area contributed by atoms with Crippen LogP contribution in [-0.2, 0) is 4.79 Å². The maximum Gasteiger partial charge on any atom is 0.262 e. The van der Waals surface area contributed by atoms with Crippen LogP contribution in [0.25, 0.3) is 5.57 Å². The number of hydrogen-bond donors (Lipinski definition) is 1. The number of likely N-dealkylation sites (N-methyl/N-ethyl adjacent to an activating group) is 1. The smallest absolute Gasteiger partial charge is 0.262 e. The lowest BCUT2D eigenvalue weighted by Gasteiger charge is -2.39. The molecule has 35 heavy (non-hydrogen) atoms. The van der Waals surface area contributed by atoms with E-state index in [2.05, 4.69) is 35.5 Å². The van der Waals surface area contributed by atoms with Crippen LogP contribution in [0.3, 0.4) is 0 Å². The Hall–Kier alpha value is -3.52. The number of carbonyl (C=O) groups excluding carboxylic acids is 2. The molecule has 1 atom stereocenters. The third kappa shape index (κ3) is 4.71. The number of halogens is 2. The molecule has 1 saturated heterocycles. The molecular formula is C26H25ClFN3O4. The molecule has 0 aliphatic carbocycles. The van der Waals surface area contributed by atoms with Gasteiger partial charge in [-0.2, -0.15) is 0 Å². The Labute approximate surface area is 207 Å². The fraction of sp³-hybridized carbons (Fsp3) is 0.308. The van der Waals surface area contributed by atoms with E-state index in [4.69, 9.17) is 21.1 Å². The fourth-order valence-corrected chi connectivity index (χ4v) is 4.43. The second kappa shape index (κ2) is 9.26. The van der Waals surface area contributed by atoms with Crippen LogP contribution in [0.15, 0.2) is 48.7 Å². The van der Waals surface area contributed by atoms with Crippen molar-refractivity contribution in [2.45, 2.75) is 13.0 Å². The Morgan fingerprint density at radius 2 is 2.09 bits per heavy atom. The summed E-state index contributed by atoms with van der Waals surface area (Å²) in [6.07, 6.45) is 6.24. The maximum absolute atomic E-state index is 14.5. The first kappa shape index (κ1) is 23.2. The van der Waals surface area contributed by atoms with E-state index < -0.39 is 11.7 Å². The maximum atomic E-state index is 14.5. The molecule has 7 nitrogen and oxygen atoms in total. The van der Waals surface area contributed by atoms with Crippen LogP contribution in [0.4, 0.5) is 10.1 Å². The Morgan fingerprint density at radius 1 is 1.29 bits per heavy atom. The predicted octanol–water partition coefficient (Wildman–Crippen LogP) is 4.19. The Bertz CT molecular complexity index is 1260. The number of rotatable bonds is 5. The van der Waals surface area contributed by atoms with Crippen molar-refractivity contribution in [2.75, 3.05) is 38.7 Å². The highest BCUT2D eigenvalue weighted by Gasteiger charge is 2.34. The molecule has 2 aromatic rings. The van der Waals surface area contributed by atoms with Gasteiger partial charge in [0, 0.05) is 60.5 Å². The van der Waals surface area contributed by atoms with E-state index in [1.54, 1.807) is 11.0 Å². The number of allylic oxidation sites excluding steroid dienone is 2. The standard InChI is InChI=1S/C26H25ClFN3O4/c1-15-3-4-17(12-30(15)2)19-7-18(27)5-6-23(19)34-13-16-10-31(11-16)26(33)20-8-22-24(9-21(20)28)35-14-25(32)29-22/h3-9,12,15-16H,10-11,13-14H2,1-2H3,(H,29,32). The number of ether oxygens (including phenoxy) is 2. The van der Waals surface area contributed by atoms with Gasteiger partial charge in [0.05, 0.1) is 17.9 Å². The summed E-state index contributed by atoms with van der Waals surface area (Å²) in [5, 5.41) is 3.23. The Morgan fingerprint density at radius 3 is 2.86 bits per heavy atom. The molecule has 3 aliphatic rings. The molecule has 3 aliphatic heterocycles. The average Bonchev–Trinajstić information content (AvgIpc) is 2.80. The lowest BCUT2D eigenvalue weighted by molar-refractivity contribution is -0.118. The number of amides is 2. The SMILES string of the molecule is CC1C=CC(c2cc(Cl)ccc2OCC2CN(C(=O)c3cc4c(cc3F)OCC(=O)N4)C2)=CN1C. The van der Waals surface area contributed by atoms with Crippen molar-refractivity contribution in [2.24, 2.45) is 5.92 Å². The van der Waals surface area contributed by atoms with Gasteiger partial charge in [-0.15, -0.1) is 0 Å². The van der Waals surface area contributed by atoms with Gasteiger partial charge in [0.1, 0.15) is 17.3 Å². The average molecular weight is 498 g/mol. The number of likely N-dealkylation sites (tertiary alicyclic amines) is 1. The summed E-state index contributed by atoms with van der Waals surface area (Å²) in [5.74, 6) is -0.396. The number of hydrogen-bond acceptors (Lipinski definition) is 5. The van der Waals surface area contributed by atoms with Crippen LogP contribution in [0, 0.1) is 11.7 Å². The van der Waals surface area contributed by atoms with Crippen LogP contribution in [0.2, 0.25) is 5.02 Å². The van der Waals surface area contributed by atoms with Gasteiger partial charge in [-0.3, -0.25) is 9.59 Å². The predicted molar refractivity (Wildman–Crippen MR) is 131 cm³/mol. The molecule has 2 aromatic carbocycles. The van der Waals surface area contributed by atoms with Gasteiger partial charge in [-0.25, -0.2) is 4.39 Å². The zero-order chi connectivity index (χ0) is 24.7. The topological polar surface area (TPSA) is 71.1 Å². The minimum Gasteiger partial charge on any atom is -0.493 e. The molecule has 1 fully saturated rings. The summed E-state index contributed by atoms with van der Waals surface area (Å²) in [4.78, 5) is 28.1. The molecule has 0 saturated carbocycles. The van der Waals surface area contributed by atoms with Gasteiger partial charge in [-0.1, -0.05) is 23.8 Å².